The topological polar surface area (TPSA) is 70.2 Å². The van der Waals surface area contributed by atoms with Crippen molar-refractivity contribution in [1.29, 1.82) is 0 Å². The molecule has 0 saturated carbocycles. The Balaban J connectivity index is 3.89. The van der Waals surface area contributed by atoms with E-state index in [-0.39, 0.29) is 18.0 Å². The van der Waals surface area contributed by atoms with E-state index >= 15 is 0 Å². The second-order valence-corrected chi connectivity index (χ2v) is 3.39. The number of hydrogen-bond acceptors (Lipinski definition) is 3. The minimum absolute atomic E-state index is 0.213. The van der Waals surface area contributed by atoms with Crippen LogP contribution in [0, 0.1) is 0 Å². The number of rotatable bonds is 4. The molecule has 5 heteroatoms. The van der Waals surface area contributed by atoms with Gasteiger partial charge in [-0.1, -0.05) is 13.8 Å². The molecule has 0 bridgehead atoms. The van der Waals surface area contributed by atoms with Gasteiger partial charge >= 0.3 is 6.03 Å². The van der Waals surface area contributed by atoms with E-state index in [1.165, 1.54) is 0 Å². The highest BCUT2D eigenvalue weighted by atomic mass is 16.2. The van der Waals surface area contributed by atoms with Crippen LogP contribution < -0.4 is 16.0 Å². The van der Waals surface area contributed by atoms with Crippen LogP contribution in [0.1, 0.15) is 27.7 Å². The zero-order chi connectivity index (χ0) is 11.1. The summed E-state index contributed by atoms with van der Waals surface area (Å²) in [6.07, 6.45) is 0. The van der Waals surface area contributed by atoms with Crippen LogP contribution in [-0.4, -0.2) is 30.6 Å². The number of imide groups is 1. The Morgan fingerprint density at radius 2 is 1.79 bits per heavy atom. The van der Waals surface area contributed by atoms with Gasteiger partial charge in [0.15, 0.2) is 0 Å². The highest BCUT2D eigenvalue weighted by Gasteiger charge is 2.15. The molecule has 14 heavy (non-hydrogen) atoms. The minimum Gasteiger partial charge on any atom is -0.338 e. The fraction of sp³-hybridized carbons (Fsp3) is 0.778. The third kappa shape index (κ3) is 5.53. The second-order valence-electron chi connectivity index (χ2n) is 3.39. The van der Waals surface area contributed by atoms with Crippen LogP contribution in [-0.2, 0) is 4.79 Å². The van der Waals surface area contributed by atoms with E-state index in [1.54, 1.807) is 13.8 Å². The maximum Gasteiger partial charge on any atom is 0.321 e. The molecule has 0 aromatic rings. The van der Waals surface area contributed by atoms with E-state index in [1.807, 2.05) is 13.8 Å². The fourth-order valence-electron chi connectivity index (χ4n) is 1.00. The predicted octanol–water partition coefficient (Wildman–Crippen LogP) is 0.219. The first-order chi connectivity index (χ1) is 6.47. The van der Waals surface area contributed by atoms with Crippen LogP contribution >= 0.6 is 0 Å². The van der Waals surface area contributed by atoms with Gasteiger partial charge in [0.1, 0.15) is 0 Å². The van der Waals surface area contributed by atoms with Crippen molar-refractivity contribution < 1.29 is 9.59 Å². The molecule has 3 N–H and O–H groups in total. The van der Waals surface area contributed by atoms with Crippen molar-refractivity contribution in [2.45, 2.75) is 39.8 Å². The van der Waals surface area contributed by atoms with Crippen LogP contribution in [0.15, 0.2) is 0 Å². The van der Waals surface area contributed by atoms with Crippen molar-refractivity contribution >= 4 is 11.9 Å². The van der Waals surface area contributed by atoms with Crippen molar-refractivity contribution in [1.82, 2.24) is 16.0 Å². The van der Waals surface area contributed by atoms with Gasteiger partial charge in [-0.3, -0.25) is 10.1 Å². The van der Waals surface area contributed by atoms with Gasteiger partial charge in [-0.05, 0) is 13.8 Å². The minimum atomic E-state index is -0.449. The number of nitrogens with one attached hydrogen (secondary N) is 3. The second kappa shape index (κ2) is 6.37. The maximum atomic E-state index is 11.3. The Morgan fingerprint density at radius 3 is 2.21 bits per heavy atom. The molecule has 0 radical (unpaired) electrons. The summed E-state index contributed by atoms with van der Waals surface area (Å²) in [4.78, 5) is 22.3. The molecule has 0 heterocycles. The van der Waals surface area contributed by atoms with Gasteiger partial charge in [-0.25, -0.2) is 4.79 Å². The lowest BCUT2D eigenvalue weighted by atomic mass is 10.2. The number of carbonyl (C=O) groups excluding carboxylic acids is 2. The van der Waals surface area contributed by atoms with Crippen LogP contribution in [0.3, 0.4) is 0 Å². The Kier molecular flexibility index (Phi) is 5.87. The van der Waals surface area contributed by atoms with E-state index in [0.717, 1.165) is 0 Å². The van der Waals surface area contributed by atoms with Crippen molar-refractivity contribution in [3.63, 3.8) is 0 Å². The summed E-state index contributed by atoms with van der Waals surface area (Å²) in [5.41, 5.74) is 0. The zero-order valence-corrected chi connectivity index (χ0v) is 9.18. The Hall–Kier alpha value is -1.10. The molecule has 1 atom stereocenters. The first-order valence-electron chi connectivity index (χ1n) is 4.82. The van der Waals surface area contributed by atoms with E-state index in [0.29, 0.717) is 6.54 Å². The number of hydrogen-bond donors (Lipinski definition) is 3. The van der Waals surface area contributed by atoms with E-state index < -0.39 is 6.03 Å². The van der Waals surface area contributed by atoms with Crippen molar-refractivity contribution in [3.8, 4) is 0 Å². The quantitative estimate of drug-likeness (QED) is 0.609. The van der Waals surface area contributed by atoms with Crippen LogP contribution in [0.4, 0.5) is 4.79 Å². The molecular formula is C9H19N3O2. The molecule has 0 aliphatic rings. The standard InChI is InChI=1S/C9H19N3O2/c1-5-10-9(14)12-8(13)7(4)11-6(2)3/h6-7,11H,5H2,1-4H3,(H2,10,12,13,14). The largest absolute Gasteiger partial charge is 0.338 e. The Labute approximate surface area is 84.6 Å². The van der Waals surface area contributed by atoms with E-state index in [9.17, 15) is 9.59 Å². The Morgan fingerprint density at radius 1 is 1.21 bits per heavy atom. The van der Waals surface area contributed by atoms with Gasteiger partial charge in [-0.15, -0.1) is 0 Å². The van der Waals surface area contributed by atoms with Crippen molar-refractivity contribution in [3.05, 3.63) is 0 Å². The molecule has 0 aliphatic carbocycles. The van der Waals surface area contributed by atoms with Crippen LogP contribution in [0.25, 0.3) is 0 Å². The van der Waals surface area contributed by atoms with E-state index in [2.05, 4.69) is 16.0 Å². The van der Waals surface area contributed by atoms with Crippen molar-refractivity contribution in [2.75, 3.05) is 6.54 Å². The van der Waals surface area contributed by atoms with E-state index in [4.69, 9.17) is 0 Å². The van der Waals surface area contributed by atoms with Gasteiger partial charge in [-0.2, -0.15) is 0 Å². The lowest BCUT2D eigenvalue weighted by Crippen LogP contribution is -2.49. The summed E-state index contributed by atoms with van der Waals surface area (Å²) in [6.45, 7) is 7.89. The van der Waals surface area contributed by atoms with Crippen molar-refractivity contribution in [2.24, 2.45) is 0 Å². The molecule has 0 fully saturated rings. The third-order valence-electron chi connectivity index (χ3n) is 1.55. The highest BCUT2D eigenvalue weighted by molar-refractivity contribution is 5.96. The molecule has 3 amide bonds. The highest BCUT2D eigenvalue weighted by Crippen LogP contribution is 1.86. The summed E-state index contributed by atoms with van der Waals surface area (Å²) in [7, 11) is 0. The summed E-state index contributed by atoms with van der Waals surface area (Å²) < 4.78 is 0. The number of urea groups is 1. The molecule has 1 unspecified atom stereocenters. The lowest BCUT2D eigenvalue weighted by molar-refractivity contribution is -0.121. The number of carbonyl (C=O) groups is 2. The molecule has 82 valence electrons. The average Bonchev–Trinajstić information content (AvgIpc) is 2.02. The van der Waals surface area contributed by atoms with Gasteiger partial charge in [0, 0.05) is 12.6 Å². The fourth-order valence-corrected chi connectivity index (χ4v) is 1.00. The van der Waals surface area contributed by atoms with Gasteiger partial charge in [0.25, 0.3) is 0 Å². The molecule has 0 aromatic carbocycles. The van der Waals surface area contributed by atoms with Crippen LogP contribution in [0.5, 0.6) is 0 Å². The summed E-state index contributed by atoms with van der Waals surface area (Å²) in [5.74, 6) is -0.315. The molecule has 0 aliphatic heterocycles. The lowest BCUT2D eigenvalue weighted by Gasteiger charge is -2.15. The molecule has 0 aromatic heterocycles. The SMILES string of the molecule is CCNC(=O)NC(=O)C(C)NC(C)C. The molecular weight excluding hydrogens is 182 g/mol. The molecule has 0 rings (SSSR count). The zero-order valence-electron chi connectivity index (χ0n) is 9.18. The summed E-state index contributed by atoms with van der Waals surface area (Å²) in [5, 5.41) is 7.72. The maximum absolute atomic E-state index is 11.3. The molecule has 5 nitrogen and oxygen atoms in total. The first kappa shape index (κ1) is 12.9. The average molecular weight is 201 g/mol. The third-order valence-corrected chi connectivity index (χ3v) is 1.55. The van der Waals surface area contributed by atoms with Crippen LogP contribution in [0.2, 0.25) is 0 Å². The predicted molar refractivity (Wildman–Crippen MR) is 54.9 cm³/mol. The van der Waals surface area contributed by atoms with Gasteiger partial charge in [0.2, 0.25) is 5.91 Å². The monoisotopic (exact) mass is 201 g/mol. The van der Waals surface area contributed by atoms with Gasteiger partial charge in [0.05, 0.1) is 6.04 Å². The van der Waals surface area contributed by atoms with Gasteiger partial charge < -0.3 is 10.6 Å². The first-order valence-corrected chi connectivity index (χ1v) is 4.82. The summed E-state index contributed by atoms with van der Waals surface area (Å²) >= 11 is 0. The smallest absolute Gasteiger partial charge is 0.321 e. The summed E-state index contributed by atoms with van der Waals surface area (Å²) in [6, 6.07) is -0.600. The number of amides is 3. The normalized spacial score (nSPS) is 12.4. The molecule has 0 saturated heterocycles. The Bertz CT molecular complexity index is 204. The molecule has 0 spiro atoms.